The van der Waals surface area contributed by atoms with Crippen LogP contribution in [0.25, 0.3) is 10.9 Å². The van der Waals surface area contributed by atoms with Crippen LogP contribution >= 0.6 is 0 Å². The average molecular weight is 339 g/mol. The van der Waals surface area contributed by atoms with Crippen molar-refractivity contribution in [1.29, 1.82) is 0 Å². The van der Waals surface area contributed by atoms with E-state index >= 15 is 0 Å². The number of rotatable bonds is 4. The number of aliphatic hydroxyl groups is 1. The van der Waals surface area contributed by atoms with Gasteiger partial charge >= 0.3 is 0 Å². The number of nitrogens with one attached hydrogen (secondary N) is 1. The standard InChI is InChI=1S/C19H18FN3O2/c20-14-3-1-12(2-4-14)10-23-11-13(6-8-24)17-15-5-7-21-19(25)18(15)22-9-16(17)23/h1-4,9,11,24H,5-8,10H2,(H,21,25). The molecule has 1 aliphatic rings. The first-order valence-corrected chi connectivity index (χ1v) is 8.30. The number of nitrogens with zero attached hydrogens (tertiary/aromatic N) is 2. The summed E-state index contributed by atoms with van der Waals surface area (Å²) in [5.41, 5.74) is 4.33. The molecule has 1 amide bonds. The van der Waals surface area contributed by atoms with Gasteiger partial charge in [-0.3, -0.25) is 4.79 Å². The smallest absolute Gasteiger partial charge is 0.270 e. The molecule has 6 heteroatoms. The molecule has 3 heterocycles. The minimum atomic E-state index is -0.260. The van der Waals surface area contributed by atoms with Crippen LogP contribution in [0.2, 0.25) is 0 Å². The van der Waals surface area contributed by atoms with Gasteiger partial charge in [-0.05, 0) is 41.7 Å². The maximum absolute atomic E-state index is 13.1. The molecule has 4 rings (SSSR count). The van der Waals surface area contributed by atoms with E-state index in [0.29, 0.717) is 25.2 Å². The molecule has 0 saturated carbocycles. The molecular formula is C19H18FN3O2. The fourth-order valence-corrected chi connectivity index (χ4v) is 3.49. The number of hydrogen-bond donors (Lipinski definition) is 2. The first kappa shape index (κ1) is 15.8. The van der Waals surface area contributed by atoms with Crippen molar-refractivity contribution in [1.82, 2.24) is 14.9 Å². The van der Waals surface area contributed by atoms with Crippen LogP contribution < -0.4 is 5.32 Å². The van der Waals surface area contributed by atoms with Gasteiger partial charge in [0.1, 0.15) is 11.5 Å². The van der Waals surface area contributed by atoms with Crippen LogP contribution in [-0.4, -0.2) is 33.7 Å². The maximum Gasteiger partial charge on any atom is 0.270 e. The summed E-state index contributed by atoms with van der Waals surface area (Å²) in [6.07, 6.45) is 4.96. The highest BCUT2D eigenvalue weighted by atomic mass is 19.1. The number of carbonyl (C=O) groups excluding carboxylic acids is 1. The lowest BCUT2D eigenvalue weighted by Crippen LogP contribution is -2.33. The molecular weight excluding hydrogens is 321 g/mol. The Morgan fingerprint density at radius 3 is 2.84 bits per heavy atom. The van der Waals surface area contributed by atoms with Crippen molar-refractivity contribution in [3.63, 3.8) is 0 Å². The first-order valence-electron chi connectivity index (χ1n) is 8.30. The normalized spacial score (nSPS) is 13.8. The molecule has 0 aliphatic carbocycles. The Labute approximate surface area is 144 Å². The molecule has 0 unspecified atom stereocenters. The summed E-state index contributed by atoms with van der Waals surface area (Å²) in [6.45, 7) is 1.21. The van der Waals surface area contributed by atoms with E-state index in [9.17, 15) is 14.3 Å². The monoisotopic (exact) mass is 339 g/mol. The van der Waals surface area contributed by atoms with Gasteiger partial charge in [-0.1, -0.05) is 12.1 Å². The van der Waals surface area contributed by atoms with Gasteiger partial charge in [-0.15, -0.1) is 0 Å². The third-order valence-electron chi connectivity index (χ3n) is 4.62. The van der Waals surface area contributed by atoms with Crippen molar-refractivity contribution in [2.45, 2.75) is 19.4 Å². The van der Waals surface area contributed by atoms with E-state index in [1.807, 2.05) is 10.8 Å². The Morgan fingerprint density at radius 2 is 2.08 bits per heavy atom. The quantitative estimate of drug-likeness (QED) is 0.764. The van der Waals surface area contributed by atoms with E-state index in [0.717, 1.165) is 34.0 Å². The Kier molecular flexibility index (Phi) is 3.97. The summed E-state index contributed by atoms with van der Waals surface area (Å²) in [7, 11) is 0. The van der Waals surface area contributed by atoms with Crippen LogP contribution in [0.3, 0.4) is 0 Å². The molecule has 3 aromatic rings. The zero-order valence-corrected chi connectivity index (χ0v) is 13.6. The van der Waals surface area contributed by atoms with Crippen molar-refractivity contribution >= 4 is 16.8 Å². The summed E-state index contributed by atoms with van der Waals surface area (Å²) in [5, 5.41) is 13.2. The van der Waals surface area contributed by atoms with Crippen molar-refractivity contribution in [3.05, 3.63) is 64.9 Å². The van der Waals surface area contributed by atoms with Gasteiger partial charge in [0.05, 0.1) is 11.7 Å². The van der Waals surface area contributed by atoms with Gasteiger partial charge in [0.15, 0.2) is 0 Å². The molecule has 5 nitrogen and oxygen atoms in total. The molecule has 2 aromatic heterocycles. The number of amides is 1. The molecule has 1 aliphatic heterocycles. The Balaban J connectivity index is 1.85. The zero-order chi connectivity index (χ0) is 17.4. The molecule has 128 valence electrons. The van der Waals surface area contributed by atoms with Crippen LogP contribution in [0.1, 0.15) is 27.2 Å². The number of halogens is 1. The zero-order valence-electron chi connectivity index (χ0n) is 13.6. The van der Waals surface area contributed by atoms with Gasteiger partial charge in [-0.25, -0.2) is 9.37 Å². The first-order chi connectivity index (χ1) is 12.2. The maximum atomic E-state index is 13.1. The molecule has 0 saturated heterocycles. The van der Waals surface area contributed by atoms with Crippen molar-refractivity contribution in [3.8, 4) is 0 Å². The number of pyridine rings is 1. The second-order valence-electron chi connectivity index (χ2n) is 6.23. The fourth-order valence-electron chi connectivity index (χ4n) is 3.49. The number of aromatic nitrogens is 2. The molecule has 0 atom stereocenters. The topological polar surface area (TPSA) is 67.2 Å². The largest absolute Gasteiger partial charge is 0.396 e. The van der Waals surface area contributed by atoms with E-state index in [1.54, 1.807) is 18.3 Å². The molecule has 1 aromatic carbocycles. The summed E-state index contributed by atoms with van der Waals surface area (Å²) in [4.78, 5) is 16.4. The predicted octanol–water partition coefficient (Wildman–Crippen LogP) is 2.04. The van der Waals surface area contributed by atoms with E-state index in [-0.39, 0.29) is 18.3 Å². The highest BCUT2D eigenvalue weighted by molar-refractivity contribution is 6.01. The minimum Gasteiger partial charge on any atom is -0.396 e. The lowest BCUT2D eigenvalue weighted by atomic mass is 9.98. The van der Waals surface area contributed by atoms with E-state index in [4.69, 9.17) is 0 Å². The predicted molar refractivity (Wildman–Crippen MR) is 92.1 cm³/mol. The van der Waals surface area contributed by atoms with Gasteiger partial charge in [0, 0.05) is 31.3 Å². The Bertz CT molecular complexity index is 947. The van der Waals surface area contributed by atoms with Crippen molar-refractivity contribution < 1.29 is 14.3 Å². The van der Waals surface area contributed by atoms with Crippen LogP contribution in [-0.2, 0) is 19.4 Å². The lowest BCUT2D eigenvalue weighted by Gasteiger charge is -2.17. The Morgan fingerprint density at radius 1 is 1.28 bits per heavy atom. The van der Waals surface area contributed by atoms with Gasteiger partial charge in [0.25, 0.3) is 5.91 Å². The number of benzene rings is 1. The van der Waals surface area contributed by atoms with Crippen molar-refractivity contribution in [2.75, 3.05) is 13.2 Å². The number of hydrogen-bond acceptors (Lipinski definition) is 3. The molecule has 0 spiro atoms. The SMILES string of the molecule is O=C1NCCc2c1ncc1c2c(CCO)cn1Cc1ccc(F)cc1. The van der Waals surface area contributed by atoms with Crippen LogP contribution in [0, 0.1) is 5.82 Å². The van der Waals surface area contributed by atoms with Crippen LogP contribution in [0.15, 0.2) is 36.7 Å². The number of fused-ring (bicyclic) bond motifs is 3. The summed E-state index contributed by atoms with van der Waals surface area (Å²) < 4.78 is 15.2. The lowest BCUT2D eigenvalue weighted by molar-refractivity contribution is 0.0941. The number of aliphatic hydroxyl groups excluding tert-OH is 1. The van der Waals surface area contributed by atoms with E-state index in [1.165, 1.54) is 12.1 Å². The molecule has 2 N–H and O–H groups in total. The highest BCUT2D eigenvalue weighted by Gasteiger charge is 2.23. The average Bonchev–Trinajstić information content (AvgIpc) is 2.96. The highest BCUT2D eigenvalue weighted by Crippen LogP contribution is 2.29. The third kappa shape index (κ3) is 2.78. The minimum absolute atomic E-state index is 0.0406. The molecule has 0 bridgehead atoms. The fraction of sp³-hybridized carbons (Fsp3) is 0.263. The van der Waals surface area contributed by atoms with Gasteiger partial charge in [0.2, 0.25) is 0 Å². The summed E-state index contributed by atoms with van der Waals surface area (Å²) in [5.74, 6) is -0.409. The molecule has 0 fully saturated rings. The Hall–Kier alpha value is -2.73. The molecule has 0 radical (unpaired) electrons. The third-order valence-corrected chi connectivity index (χ3v) is 4.62. The number of carbonyl (C=O) groups is 1. The molecule has 25 heavy (non-hydrogen) atoms. The van der Waals surface area contributed by atoms with E-state index in [2.05, 4.69) is 10.3 Å². The van der Waals surface area contributed by atoms with Crippen LogP contribution in [0.4, 0.5) is 4.39 Å². The van der Waals surface area contributed by atoms with E-state index < -0.39 is 0 Å². The second kappa shape index (κ2) is 6.29. The van der Waals surface area contributed by atoms with Gasteiger partial charge < -0.3 is 15.0 Å². The van der Waals surface area contributed by atoms with Crippen LogP contribution in [0.5, 0.6) is 0 Å². The summed E-state index contributed by atoms with van der Waals surface area (Å²) >= 11 is 0. The van der Waals surface area contributed by atoms with Crippen molar-refractivity contribution in [2.24, 2.45) is 0 Å². The van der Waals surface area contributed by atoms with Gasteiger partial charge in [-0.2, -0.15) is 0 Å². The second-order valence-corrected chi connectivity index (χ2v) is 6.23. The summed E-state index contributed by atoms with van der Waals surface area (Å²) in [6, 6.07) is 6.40.